The summed E-state index contributed by atoms with van der Waals surface area (Å²) in [5.74, 6) is -0.881. The normalized spacial score (nSPS) is 11.3. The van der Waals surface area contributed by atoms with E-state index in [0.29, 0.717) is 11.1 Å². The summed E-state index contributed by atoms with van der Waals surface area (Å²) in [5, 5.41) is 0. The summed E-state index contributed by atoms with van der Waals surface area (Å²) in [6, 6.07) is 13.1. The molecule has 2 aromatic rings. The number of carbonyl (C=O) groups excluding carboxylic acids is 2. The zero-order valence-electron chi connectivity index (χ0n) is 14.0. The number of hydrogen-bond donors (Lipinski definition) is 2. The van der Waals surface area contributed by atoms with Crippen molar-refractivity contribution in [1.82, 2.24) is 15.8 Å². The number of rotatable bonds is 5. The molecule has 2 amide bonds. The van der Waals surface area contributed by atoms with Crippen LogP contribution in [0.3, 0.4) is 0 Å². The van der Waals surface area contributed by atoms with Gasteiger partial charge in [0.15, 0.2) is 0 Å². The van der Waals surface area contributed by atoms with Crippen LogP contribution in [-0.2, 0) is 17.5 Å². The molecule has 2 aromatic carbocycles. The summed E-state index contributed by atoms with van der Waals surface area (Å²) in [7, 11) is 1.65. The molecular formula is C18H18F3N3O2. The van der Waals surface area contributed by atoms with Crippen molar-refractivity contribution >= 4 is 11.8 Å². The van der Waals surface area contributed by atoms with Gasteiger partial charge in [0.05, 0.1) is 12.1 Å². The zero-order chi connectivity index (χ0) is 19.2. The fraction of sp³-hybridized carbons (Fsp3) is 0.222. The van der Waals surface area contributed by atoms with Crippen LogP contribution < -0.4 is 10.9 Å². The Morgan fingerprint density at radius 1 is 0.962 bits per heavy atom. The van der Waals surface area contributed by atoms with Gasteiger partial charge < -0.3 is 0 Å². The van der Waals surface area contributed by atoms with E-state index in [1.807, 2.05) is 0 Å². The Labute approximate surface area is 148 Å². The minimum atomic E-state index is -4.37. The van der Waals surface area contributed by atoms with E-state index in [9.17, 15) is 22.8 Å². The predicted molar refractivity (Wildman–Crippen MR) is 89.8 cm³/mol. The first-order valence-corrected chi connectivity index (χ1v) is 7.74. The number of likely N-dealkylation sites (N-methyl/N-ethyl adjacent to an activating group) is 1. The van der Waals surface area contributed by atoms with E-state index in [1.54, 1.807) is 42.3 Å². The van der Waals surface area contributed by atoms with E-state index in [4.69, 9.17) is 0 Å². The Balaban J connectivity index is 1.79. The van der Waals surface area contributed by atoms with Crippen molar-refractivity contribution in [2.24, 2.45) is 0 Å². The second-order valence-corrected chi connectivity index (χ2v) is 5.74. The highest BCUT2D eigenvalue weighted by Crippen LogP contribution is 2.29. The molecule has 0 fully saturated rings. The van der Waals surface area contributed by atoms with Gasteiger partial charge in [-0.1, -0.05) is 30.3 Å². The van der Waals surface area contributed by atoms with E-state index >= 15 is 0 Å². The molecule has 0 aliphatic heterocycles. The van der Waals surface area contributed by atoms with Gasteiger partial charge in [-0.3, -0.25) is 25.3 Å². The molecule has 0 saturated heterocycles. The van der Waals surface area contributed by atoms with Crippen LogP contribution in [0.4, 0.5) is 13.2 Å². The molecular weight excluding hydrogens is 347 g/mol. The smallest absolute Gasteiger partial charge is 0.293 e. The van der Waals surface area contributed by atoms with Gasteiger partial charge in [0.25, 0.3) is 11.8 Å². The van der Waals surface area contributed by atoms with Gasteiger partial charge in [-0.15, -0.1) is 0 Å². The monoisotopic (exact) mass is 365 g/mol. The topological polar surface area (TPSA) is 61.4 Å². The number of carbonyl (C=O) groups is 2. The standard InChI is InChI=1S/C18H18F3N3O2/c1-24(11-13-7-9-15(10-8-13)18(19,20)21)12-16(25)22-23-17(26)14-5-3-2-4-6-14/h2-10H,11-12H2,1H3,(H,22,25)(H,23,26). The van der Waals surface area contributed by atoms with Gasteiger partial charge in [0.2, 0.25) is 0 Å². The van der Waals surface area contributed by atoms with E-state index in [2.05, 4.69) is 10.9 Å². The molecule has 0 heterocycles. The third-order valence-corrected chi connectivity index (χ3v) is 3.50. The van der Waals surface area contributed by atoms with Crippen LogP contribution in [0.5, 0.6) is 0 Å². The summed E-state index contributed by atoms with van der Waals surface area (Å²) in [5.41, 5.74) is 4.93. The zero-order valence-corrected chi connectivity index (χ0v) is 14.0. The number of amides is 2. The summed E-state index contributed by atoms with van der Waals surface area (Å²) in [6.45, 7) is 0.258. The number of halogens is 3. The van der Waals surface area contributed by atoms with Crippen LogP contribution in [-0.4, -0.2) is 30.3 Å². The van der Waals surface area contributed by atoms with Crippen LogP contribution in [0, 0.1) is 0 Å². The lowest BCUT2D eigenvalue weighted by Gasteiger charge is -2.17. The van der Waals surface area contributed by atoms with Crippen molar-refractivity contribution < 1.29 is 22.8 Å². The SMILES string of the molecule is CN(CC(=O)NNC(=O)c1ccccc1)Cc1ccc(C(F)(F)F)cc1. The predicted octanol–water partition coefficient (Wildman–Crippen LogP) is 2.60. The summed E-state index contributed by atoms with van der Waals surface area (Å²) in [6.07, 6.45) is -4.37. The molecule has 0 bridgehead atoms. The van der Waals surface area contributed by atoms with Crippen LogP contribution in [0.1, 0.15) is 21.5 Å². The van der Waals surface area contributed by atoms with Crippen molar-refractivity contribution in [2.75, 3.05) is 13.6 Å². The number of alkyl halides is 3. The highest BCUT2D eigenvalue weighted by molar-refractivity contribution is 5.95. The van der Waals surface area contributed by atoms with Gasteiger partial charge >= 0.3 is 6.18 Å². The van der Waals surface area contributed by atoms with Crippen molar-refractivity contribution in [3.05, 3.63) is 71.3 Å². The quantitative estimate of drug-likeness (QED) is 0.801. The number of nitrogens with zero attached hydrogens (tertiary/aromatic N) is 1. The lowest BCUT2D eigenvalue weighted by Crippen LogP contribution is -2.45. The molecule has 0 radical (unpaired) electrons. The second kappa shape index (κ2) is 8.48. The van der Waals surface area contributed by atoms with Crippen LogP contribution in [0.2, 0.25) is 0 Å². The molecule has 0 spiro atoms. The number of hydrazine groups is 1. The third-order valence-electron chi connectivity index (χ3n) is 3.50. The van der Waals surface area contributed by atoms with E-state index < -0.39 is 23.6 Å². The molecule has 0 saturated carbocycles. The molecule has 0 aromatic heterocycles. The Kier molecular flexibility index (Phi) is 6.35. The first kappa shape index (κ1) is 19.5. The molecule has 2 N–H and O–H groups in total. The van der Waals surface area contributed by atoms with Gasteiger partial charge in [-0.2, -0.15) is 13.2 Å². The molecule has 0 unspecified atom stereocenters. The van der Waals surface area contributed by atoms with Crippen LogP contribution in [0.15, 0.2) is 54.6 Å². The van der Waals surface area contributed by atoms with Crippen LogP contribution >= 0.6 is 0 Å². The van der Waals surface area contributed by atoms with Crippen molar-refractivity contribution in [3.63, 3.8) is 0 Å². The molecule has 2 rings (SSSR count). The number of hydrogen-bond acceptors (Lipinski definition) is 3. The fourth-order valence-corrected chi connectivity index (χ4v) is 2.24. The molecule has 0 aliphatic carbocycles. The highest BCUT2D eigenvalue weighted by atomic mass is 19.4. The second-order valence-electron chi connectivity index (χ2n) is 5.74. The van der Waals surface area contributed by atoms with Crippen molar-refractivity contribution in [3.8, 4) is 0 Å². The molecule has 5 nitrogen and oxygen atoms in total. The minimum Gasteiger partial charge on any atom is -0.293 e. The largest absolute Gasteiger partial charge is 0.416 e. The first-order valence-electron chi connectivity index (χ1n) is 7.74. The number of nitrogens with one attached hydrogen (secondary N) is 2. The Morgan fingerprint density at radius 3 is 2.15 bits per heavy atom. The van der Waals surface area contributed by atoms with Gasteiger partial charge in [0, 0.05) is 12.1 Å². The highest BCUT2D eigenvalue weighted by Gasteiger charge is 2.29. The van der Waals surface area contributed by atoms with E-state index in [-0.39, 0.29) is 13.1 Å². The average molecular weight is 365 g/mol. The lowest BCUT2D eigenvalue weighted by molar-refractivity contribution is -0.137. The first-order chi connectivity index (χ1) is 12.3. The molecule has 0 aliphatic rings. The maximum atomic E-state index is 12.5. The summed E-state index contributed by atoms with van der Waals surface area (Å²) >= 11 is 0. The maximum absolute atomic E-state index is 12.5. The fourth-order valence-electron chi connectivity index (χ4n) is 2.24. The molecule has 26 heavy (non-hydrogen) atoms. The van der Waals surface area contributed by atoms with E-state index in [0.717, 1.165) is 12.1 Å². The Bertz CT molecular complexity index is 747. The van der Waals surface area contributed by atoms with E-state index in [1.165, 1.54) is 12.1 Å². The van der Waals surface area contributed by atoms with Crippen molar-refractivity contribution in [1.29, 1.82) is 0 Å². The Hall–Kier alpha value is -2.87. The summed E-state index contributed by atoms with van der Waals surface area (Å²) < 4.78 is 37.6. The van der Waals surface area contributed by atoms with Gasteiger partial charge in [-0.25, -0.2) is 0 Å². The summed E-state index contributed by atoms with van der Waals surface area (Å²) in [4.78, 5) is 25.3. The van der Waals surface area contributed by atoms with Crippen LogP contribution in [0.25, 0.3) is 0 Å². The molecule has 0 atom stereocenters. The third kappa shape index (κ3) is 5.89. The minimum absolute atomic E-state index is 0.0317. The lowest BCUT2D eigenvalue weighted by atomic mass is 10.1. The number of benzene rings is 2. The average Bonchev–Trinajstić information content (AvgIpc) is 2.60. The molecule has 8 heteroatoms. The van der Waals surface area contributed by atoms with Crippen molar-refractivity contribution in [2.45, 2.75) is 12.7 Å². The maximum Gasteiger partial charge on any atom is 0.416 e. The van der Waals surface area contributed by atoms with Gasteiger partial charge in [-0.05, 0) is 36.9 Å². The molecule has 138 valence electrons. The van der Waals surface area contributed by atoms with Gasteiger partial charge in [0.1, 0.15) is 0 Å². The Morgan fingerprint density at radius 2 is 1.58 bits per heavy atom.